The first kappa shape index (κ1) is 9.84. The summed E-state index contributed by atoms with van der Waals surface area (Å²) in [5.41, 5.74) is 0.936. The molecular formula is C9H8BrClOS. The van der Waals surface area contributed by atoms with Crippen LogP contribution in [0.3, 0.4) is 0 Å². The smallest absolute Gasteiger partial charge is 0.0934 e. The highest BCUT2D eigenvalue weighted by Gasteiger charge is 2.26. The van der Waals surface area contributed by atoms with Crippen LogP contribution in [0.15, 0.2) is 23.1 Å². The van der Waals surface area contributed by atoms with E-state index in [2.05, 4.69) is 15.9 Å². The standard InChI is InChI=1S/C9H8BrClOS/c10-7-4-13-8-2-1-5(11)3-6(8)9(7)12/h1-3,7,9,12H,4H2. The number of aliphatic hydroxyl groups is 1. The van der Waals surface area contributed by atoms with Crippen molar-refractivity contribution in [2.24, 2.45) is 0 Å². The van der Waals surface area contributed by atoms with E-state index in [9.17, 15) is 5.11 Å². The maximum Gasteiger partial charge on any atom is 0.0934 e. The molecule has 70 valence electrons. The predicted molar refractivity (Wildman–Crippen MR) is 59.9 cm³/mol. The molecule has 1 aliphatic heterocycles. The molecule has 2 unspecified atom stereocenters. The number of aliphatic hydroxyl groups excluding tert-OH is 1. The highest BCUT2D eigenvalue weighted by Crippen LogP contribution is 2.40. The quantitative estimate of drug-likeness (QED) is 0.736. The van der Waals surface area contributed by atoms with Gasteiger partial charge in [-0.2, -0.15) is 0 Å². The van der Waals surface area contributed by atoms with Crippen molar-refractivity contribution in [2.45, 2.75) is 15.8 Å². The number of thioether (sulfide) groups is 1. The first-order valence-electron chi connectivity index (χ1n) is 3.93. The van der Waals surface area contributed by atoms with Crippen LogP contribution in [0, 0.1) is 0 Å². The Morgan fingerprint density at radius 3 is 3.08 bits per heavy atom. The van der Waals surface area contributed by atoms with Gasteiger partial charge in [0.1, 0.15) is 0 Å². The molecule has 1 aromatic carbocycles. The molecule has 1 nitrogen and oxygen atoms in total. The molecule has 0 radical (unpaired) electrons. The zero-order chi connectivity index (χ0) is 9.42. The molecule has 0 spiro atoms. The van der Waals surface area contributed by atoms with Crippen molar-refractivity contribution in [3.63, 3.8) is 0 Å². The summed E-state index contributed by atoms with van der Waals surface area (Å²) in [6, 6.07) is 5.65. The highest BCUT2D eigenvalue weighted by atomic mass is 79.9. The lowest BCUT2D eigenvalue weighted by Crippen LogP contribution is -2.19. The Labute approximate surface area is 94.6 Å². The average Bonchev–Trinajstić information content (AvgIpc) is 2.12. The molecule has 1 N–H and O–H groups in total. The molecule has 0 aromatic heterocycles. The Morgan fingerprint density at radius 2 is 2.31 bits per heavy atom. The van der Waals surface area contributed by atoms with E-state index in [1.54, 1.807) is 11.8 Å². The summed E-state index contributed by atoms with van der Waals surface area (Å²) < 4.78 is 0. The van der Waals surface area contributed by atoms with Crippen LogP contribution in [0.4, 0.5) is 0 Å². The molecule has 0 bridgehead atoms. The third-order valence-corrected chi connectivity index (χ3v) is 4.73. The van der Waals surface area contributed by atoms with E-state index in [1.165, 1.54) is 0 Å². The van der Waals surface area contributed by atoms with Gasteiger partial charge in [-0.3, -0.25) is 0 Å². The van der Waals surface area contributed by atoms with Gasteiger partial charge in [0.15, 0.2) is 0 Å². The van der Waals surface area contributed by atoms with Gasteiger partial charge in [-0.1, -0.05) is 27.5 Å². The number of hydrogen-bond donors (Lipinski definition) is 1. The maximum absolute atomic E-state index is 9.84. The van der Waals surface area contributed by atoms with E-state index in [0.29, 0.717) is 5.02 Å². The fourth-order valence-electron chi connectivity index (χ4n) is 1.34. The van der Waals surface area contributed by atoms with Crippen LogP contribution in [0.1, 0.15) is 11.7 Å². The van der Waals surface area contributed by atoms with E-state index in [4.69, 9.17) is 11.6 Å². The van der Waals surface area contributed by atoms with Crippen LogP contribution in [0.25, 0.3) is 0 Å². The van der Waals surface area contributed by atoms with Gasteiger partial charge in [-0.25, -0.2) is 0 Å². The molecule has 4 heteroatoms. The largest absolute Gasteiger partial charge is 0.387 e. The molecule has 13 heavy (non-hydrogen) atoms. The lowest BCUT2D eigenvalue weighted by Gasteiger charge is -2.25. The predicted octanol–water partition coefficient (Wildman–Crippen LogP) is 3.24. The Balaban J connectivity index is 2.45. The van der Waals surface area contributed by atoms with Crippen molar-refractivity contribution in [3.8, 4) is 0 Å². The molecule has 0 aliphatic carbocycles. The van der Waals surface area contributed by atoms with Gasteiger partial charge in [-0.05, 0) is 23.8 Å². The van der Waals surface area contributed by atoms with Crippen LogP contribution in [-0.4, -0.2) is 15.7 Å². The van der Waals surface area contributed by atoms with Crippen molar-refractivity contribution < 1.29 is 5.11 Å². The summed E-state index contributed by atoms with van der Waals surface area (Å²) in [6.07, 6.45) is -0.435. The van der Waals surface area contributed by atoms with E-state index < -0.39 is 6.10 Å². The monoisotopic (exact) mass is 278 g/mol. The van der Waals surface area contributed by atoms with Crippen LogP contribution in [-0.2, 0) is 0 Å². The average molecular weight is 280 g/mol. The summed E-state index contributed by atoms with van der Waals surface area (Å²) in [5, 5.41) is 10.5. The molecule has 0 saturated carbocycles. The zero-order valence-electron chi connectivity index (χ0n) is 6.71. The molecule has 0 saturated heterocycles. The Bertz CT molecular complexity index is 331. The number of hydrogen-bond acceptors (Lipinski definition) is 2. The van der Waals surface area contributed by atoms with Gasteiger partial charge < -0.3 is 5.11 Å². The van der Waals surface area contributed by atoms with Crippen molar-refractivity contribution in [1.82, 2.24) is 0 Å². The minimum atomic E-state index is -0.435. The Hall–Kier alpha value is 0.300. The Kier molecular flexibility index (Phi) is 2.88. The van der Waals surface area contributed by atoms with Gasteiger partial charge in [0.25, 0.3) is 0 Å². The lowest BCUT2D eigenvalue weighted by molar-refractivity contribution is 0.178. The van der Waals surface area contributed by atoms with Gasteiger partial charge in [0, 0.05) is 15.7 Å². The maximum atomic E-state index is 9.84. The third kappa shape index (κ3) is 1.89. The van der Waals surface area contributed by atoms with E-state index in [0.717, 1.165) is 16.2 Å². The first-order valence-corrected chi connectivity index (χ1v) is 6.21. The van der Waals surface area contributed by atoms with Crippen LogP contribution in [0.5, 0.6) is 0 Å². The van der Waals surface area contributed by atoms with Gasteiger partial charge in [0.05, 0.1) is 10.9 Å². The normalized spacial score (nSPS) is 27.0. The Morgan fingerprint density at radius 1 is 1.54 bits per heavy atom. The minimum absolute atomic E-state index is 0.128. The van der Waals surface area contributed by atoms with E-state index >= 15 is 0 Å². The first-order chi connectivity index (χ1) is 6.18. The lowest BCUT2D eigenvalue weighted by atomic mass is 10.1. The van der Waals surface area contributed by atoms with Crippen LogP contribution in [0.2, 0.25) is 5.02 Å². The molecule has 1 heterocycles. The number of fused-ring (bicyclic) bond motifs is 1. The minimum Gasteiger partial charge on any atom is -0.387 e. The number of rotatable bonds is 0. The summed E-state index contributed by atoms with van der Waals surface area (Å²) in [4.78, 5) is 1.26. The topological polar surface area (TPSA) is 20.2 Å². The van der Waals surface area contributed by atoms with E-state index in [-0.39, 0.29) is 4.83 Å². The molecule has 2 rings (SSSR count). The summed E-state index contributed by atoms with van der Waals surface area (Å²) in [7, 11) is 0. The van der Waals surface area contributed by atoms with Crippen molar-refractivity contribution in [1.29, 1.82) is 0 Å². The van der Waals surface area contributed by atoms with Crippen molar-refractivity contribution >= 4 is 39.3 Å². The third-order valence-electron chi connectivity index (χ3n) is 2.03. The SMILES string of the molecule is OC1c2cc(Cl)ccc2SCC1Br. The molecular weight excluding hydrogens is 272 g/mol. The number of alkyl halides is 1. The van der Waals surface area contributed by atoms with Crippen LogP contribution >= 0.6 is 39.3 Å². The molecule has 2 atom stereocenters. The zero-order valence-corrected chi connectivity index (χ0v) is 9.86. The molecule has 1 aliphatic rings. The molecule has 0 amide bonds. The van der Waals surface area contributed by atoms with Gasteiger partial charge >= 0.3 is 0 Å². The second kappa shape index (κ2) is 3.81. The van der Waals surface area contributed by atoms with Crippen molar-refractivity contribution in [2.75, 3.05) is 5.75 Å². The summed E-state index contributed by atoms with van der Waals surface area (Å²) in [5.74, 6) is 0.899. The van der Waals surface area contributed by atoms with Crippen LogP contribution < -0.4 is 0 Å². The fourth-order valence-corrected chi connectivity index (χ4v) is 3.23. The van der Waals surface area contributed by atoms with E-state index in [1.807, 2.05) is 18.2 Å². The number of halogens is 2. The summed E-state index contributed by atoms with van der Waals surface area (Å²) >= 11 is 11.0. The van der Waals surface area contributed by atoms with Gasteiger partial charge in [0.2, 0.25) is 0 Å². The van der Waals surface area contributed by atoms with Crippen molar-refractivity contribution in [3.05, 3.63) is 28.8 Å². The second-order valence-electron chi connectivity index (χ2n) is 2.95. The molecule has 0 fully saturated rings. The van der Waals surface area contributed by atoms with Gasteiger partial charge in [-0.15, -0.1) is 11.8 Å². The second-order valence-corrected chi connectivity index (χ2v) is 5.63. The summed E-state index contributed by atoms with van der Waals surface area (Å²) in [6.45, 7) is 0. The fraction of sp³-hybridized carbons (Fsp3) is 0.333. The molecule has 1 aromatic rings. The highest BCUT2D eigenvalue weighted by molar-refractivity contribution is 9.09. The number of benzene rings is 1.